The van der Waals surface area contributed by atoms with Gasteiger partial charge in [0, 0.05) is 13.0 Å². The molecule has 5 heteroatoms. The van der Waals surface area contributed by atoms with Crippen LogP contribution >= 0.6 is 0 Å². The number of aliphatic carboxylic acids is 1. The normalized spacial score (nSPS) is 10.3. The molecule has 0 fully saturated rings. The number of rotatable bonds is 7. The van der Waals surface area contributed by atoms with Crippen molar-refractivity contribution in [3.63, 3.8) is 0 Å². The molecule has 2 rings (SSSR count). The molecule has 0 atom stereocenters. The summed E-state index contributed by atoms with van der Waals surface area (Å²) in [5.74, 6) is -0.486. The minimum atomic E-state index is -0.864. The van der Waals surface area contributed by atoms with Gasteiger partial charge in [0.2, 0.25) is 0 Å². The minimum absolute atomic E-state index is 0.0474. The summed E-state index contributed by atoms with van der Waals surface area (Å²) >= 11 is 0. The first-order valence-corrected chi connectivity index (χ1v) is 6.75. The molecule has 0 unspecified atom stereocenters. The van der Waals surface area contributed by atoms with Crippen LogP contribution in [0.25, 0.3) is 10.8 Å². The lowest BCUT2D eigenvalue weighted by atomic mass is 10.1. The number of fused-ring (bicyclic) bond motifs is 1. The van der Waals surface area contributed by atoms with E-state index in [1.54, 1.807) is 0 Å². The van der Waals surface area contributed by atoms with Crippen LogP contribution in [0.4, 0.5) is 0 Å². The highest BCUT2D eigenvalue weighted by atomic mass is 16.5. The van der Waals surface area contributed by atoms with Crippen LogP contribution in [0.3, 0.4) is 0 Å². The number of hydrogen-bond acceptors (Lipinski definition) is 3. The van der Waals surface area contributed by atoms with E-state index in [9.17, 15) is 9.59 Å². The van der Waals surface area contributed by atoms with Gasteiger partial charge in [-0.25, -0.2) is 0 Å². The van der Waals surface area contributed by atoms with Crippen molar-refractivity contribution in [1.29, 1.82) is 0 Å². The largest absolute Gasteiger partial charge is 0.484 e. The molecule has 0 aliphatic carbocycles. The van der Waals surface area contributed by atoms with Crippen LogP contribution in [0.5, 0.6) is 5.75 Å². The smallest absolute Gasteiger partial charge is 0.303 e. The Bertz CT molecular complexity index is 639. The molecule has 0 spiro atoms. The van der Waals surface area contributed by atoms with E-state index in [0.29, 0.717) is 18.7 Å². The second kappa shape index (κ2) is 7.28. The minimum Gasteiger partial charge on any atom is -0.484 e. The van der Waals surface area contributed by atoms with Crippen LogP contribution in [0.2, 0.25) is 0 Å². The van der Waals surface area contributed by atoms with Crippen molar-refractivity contribution in [2.45, 2.75) is 12.8 Å². The highest BCUT2D eigenvalue weighted by Crippen LogP contribution is 2.20. The third-order valence-corrected chi connectivity index (χ3v) is 2.98. The molecule has 0 bridgehead atoms. The van der Waals surface area contributed by atoms with Crippen molar-refractivity contribution in [3.05, 3.63) is 42.5 Å². The molecule has 110 valence electrons. The molecule has 0 heterocycles. The molecule has 5 nitrogen and oxygen atoms in total. The van der Waals surface area contributed by atoms with Gasteiger partial charge in [-0.15, -0.1) is 0 Å². The van der Waals surface area contributed by atoms with Crippen molar-refractivity contribution in [3.8, 4) is 5.75 Å². The fraction of sp³-hybridized carbons (Fsp3) is 0.250. The lowest BCUT2D eigenvalue weighted by Gasteiger charge is -2.08. The van der Waals surface area contributed by atoms with E-state index < -0.39 is 5.97 Å². The lowest BCUT2D eigenvalue weighted by molar-refractivity contribution is -0.137. The maximum atomic E-state index is 11.5. The first-order chi connectivity index (χ1) is 10.1. The first kappa shape index (κ1) is 14.8. The number of benzene rings is 2. The average molecular weight is 287 g/mol. The highest BCUT2D eigenvalue weighted by Gasteiger charge is 2.04. The van der Waals surface area contributed by atoms with E-state index in [-0.39, 0.29) is 18.9 Å². The summed E-state index contributed by atoms with van der Waals surface area (Å²) in [6.45, 7) is 0.262. The van der Waals surface area contributed by atoms with Gasteiger partial charge in [0.15, 0.2) is 6.61 Å². The first-order valence-electron chi connectivity index (χ1n) is 6.75. The van der Waals surface area contributed by atoms with Gasteiger partial charge in [-0.2, -0.15) is 0 Å². The zero-order chi connectivity index (χ0) is 15.1. The van der Waals surface area contributed by atoms with Crippen LogP contribution in [0, 0.1) is 0 Å². The van der Waals surface area contributed by atoms with Gasteiger partial charge in [-0.05, 0) is 29.3 Å². The van der Waals surface area contributed by atoms with Crippen molar-refractivity contribution < 1.29 is 19.4 Å². The Kier molecular flexibility index (Phi) is 5.15. The average Bonchev–Trinajstić information content (AvgIpc) is 2.49. The maximum absolute atomic E-state index is 11.5. The molecule has 0 saturated carbocycles. The summed E-state index contributed by atoms with van der Waals surface area (Å²) in [7, 11) is 0. The van der Waals surface area contributed by atoms with Crippen LogP contribution < -0.4 is 10.1 Å². The van der Waals surface area contributed by atoms with Crippen molar-refractivity contribution >= 4 is 22.6 Å². The fourth-order valence-electron chi connectivity index (χ4n) is 1.92. The van der Waals surface area contributed by atoms with E-state index in [4.69, 9.17) is 9.84 Å². The van der Waals surface area contributed by atoms with Gasteiger partial charge in [0.1, 0.15) is 5.75 Å². The predicted molar refractivity (Wildman–Crippen MR) is 79.3 cm³/mol. The highest BCUT2D eigenvalue weighted by molar-refractivity contribution is 5.84. The third-order valence-electron chi connectivity index (χ3n) is 2.98. The van der Waals surface area contributed by atoms with Gasteiger partial charge in [0.25, 0.3) is 5.91 Å². The molecule has 2 aromatic carbocycles. The number of amides is 1. The number of carboxylic acids is 1. The maximum Gasteiger partial charge on any atom is 0.303 e. The Balaban J connectivity index is 1.78. The molecule has 2 N–H and O–H groups in total. The van der Waals surface area contributed by atoms with E-state index >= 15 is 0 Å². The number of carbonyl (C=O) groups excluding carboxylic acids is 1. The number of ether oxygens (including phenoxy) is 1. The Morgan fingerprint density at radius 2 is 1.86 bits per heavy atom. The summed E-state index contributed by atoms with van der Waals surface area (Å²) in [5.41, 5.74) is 0. The molecule has 21 heavy (non-hydrogen) atoms. The van der Waals surface area contributed by atoms with Crippen molar-refractivity contribution in [2.75, 3.05) is 13.2 Å². The van der Waals surface area contributed by atoms with E-state index in [2.05, 4.69) is 5.32 Å². The number of hydrogen-bond donors (Lipinski definition) is 2. The molecular weight excluding hydrogens is 270 g/mol. The fourth-order valence-corrected chi connectivity index (χ4v) is 1.92. The predicted octanol–water partition coefficient (Wildman–Crippen LogP) is 2.20. The second-order valence-electron chi connectivity index (χ2n) is 4.64. The van der Waals surface area contributed by atoms with Crippen molar-refractivity contribution in [1.82, 2.24) is 5.32 Å². The summed E-state index contributed by atoms with van der Waals surface area (Å²) in [5, 5.41) is 13.3. The molecule has 0 aliphatic rings. The van der Waals surface area contributed by atoms with E-state index in [0.717, 1.165) is 10.8 Å². The van der Waals surface area contributed by atoms with E-state index in [1.165, 1.54) is 0 Å². The number of carboxylic acid groups (broad SMARTS) is 1. The van der Waals surface area contributed by atoms with E-state index in [1.807, 2.05) is 42.5 Å². The van der Waals surface area contributed by atoms with Crippen LogP contribution in [-0.4, -0.2) is 30.1 Å². The summed E-state index contributed by atoms with van der Waals surface area (Å²) in [6.07, 6.45) is 0.461. The number of carbonyl (C=O) groups is 2. The quantitative estimate of drug-likeness (QED) is 0.765. The molecule has 2 aromatic rings. The Labute approximate surface area is 122 Å². The van der Waals surface area contributed by atoms with Crippen LogP contribution in [0.15, 0.2) is 42.5 Å². The Morgan fingerprint density at radius 3 is 2.62 bits per heavy atom. The standard InChI is InChI=1S/C16H17NO4/c18-15(17-9-3-6-16(19)20)11-21-14-8-7-12-4-1-2-5-13(12)10-14/h1-2,4-5,7-8,10H,3,6,9,11H2,(H,17,18)(H,19,20). The van der Waals surface area contributed by atoms with Gasteiger partial charge in [-0.3, -0.25) is 9.59 Å². The van der Waals surface area contributed by atoms with Gasteiger partial charge >= 0.3 is 5.97 Å². The van der Waals surface area contributed by atoms with Crippen LogP contribution in [-0.2, 0) is 9.59 Å². The van der Waals surface area contributed by atoms with Gasteiger partial charge < -0.3 is 15.2 Å². The number of nitrogens with one attached hydrogen (secondary N) is 1. The Hall–Kier alpha value is -2.56. The Morgan fingerprint density at radius 1 is 1.10 bits per heavy atom. The lowest BCUT2D eigenvalue weighted by Crippen LogP contribution is -2.29. The molecule has 0 aliphatic heterocycles. The zero-order valence-corrected chi connectivity index (χ0v) is 11.5. The SMILES string of the molecule is O=C(O)CCCNC(=O)COc1ccc2ccccc2c1. The van der Waals surface area contributed by atoms with Gasteiger partial charge in [-0.1, -0.05) is 30.3 Å². The van der Waals surface area contributed by atoms with Crippen molar-refractivity contribution in [2.24, 2.45) is 0 Å². The molecule has 0 aromatic heterocycles. The summed E-state index contributed by atoms with van der Waals surface area (Å²) in [6, 6.07) is 13.5. The summed E-state index contributed by atoms with van der Waals surface area (Å²) in [4.78, 5) is 21.9. The third kappa shape index (κ3) is 4.80. The second-order valence-corrected chi connectivity index (χ2v) is 4.64. The molecule has 1 amide bonds. The monoisotopic (exact) mass is 287 g/mol. The van der Waals surface area contributed by atoms with Crippen LogP contribution in [0.1, 0.15) is 12.8 Å². The van der Waals surface area contributed by atoms with Gasteiger partial charge in [0.05, 0.1) is 0 Å². The molecule has 0 radical (unpaired) electrons. The zero-order valence-electron chi connectivity index (χ0n) is 11.5. The molecular formula is C16H17NO4. The molecule has 0 saturated heterocycles. The summed E-state index contributed by atoms with van der Waals surface area (Å²) < 4.78 is 5.43. The topological polar surface area (TPSA) is 75.6 Å².